The van der Waals surface area contributed by atoms with E-state index in [1.165, 1.54) is 5.69 Å². The topological polar surface area (TPSA) is 64.2 Å². The number of piperazine rings is 2. The Morgan fingerprint density at radius 3 is 2.38 bits per heavy atom. The van der Waals surface area contributed by atoms with E-state index in [2.05, 4.69) is 17.0 Å². The van der Waals surface area contributed by atoms with Crippen molar-refractivity contribution in [1.82, 2.24) is 14.7 Å². The van der Waals surface area contributed by atoms with E-state index in [1.54, 1.807) is 21.6 Å². The lowest BCUT2D eigenvalue weighted by Crippen LogP contribution is -2.57. The molecule has 2 aromatic rings. The zero-order chi connectivity index (χ0) is 22.1. The van der Waals surface area contributed by atoms with Gasteiger partial charge in [-0.25, -0.2) is 0 Å². The molecule has 0 spiro atoms. The number of nitrogens with zero attached hydrogens (tertiary/aromatic N) is 4. The van der Waals surface area contributed by atoms with Crippen LogP contribution in [-0.2, 0) is 16.1 Å². The number of hydrogen-bond acceptors (Lipinski definition) is 5. The van der Waals surface area contributed by atoms with Crippen LogP contribution in [0, 0.1) is 0 Å². The zero-order valence-corrected chi connectivity index (χ0v) is 18.7. The Morgan fingerprint density at radius 2 is 1.66 bits per heavy atom. The summed E-state index contributed by atoms with van der Waals surface area (Å²) >= 11 is 1.63. The van der Waals surface area contributed by atoms with Gasteiger partial charge in [0, 0.05) is 49.7 Å². The van der Waals surface area contributed by atoms with Gasteiger partial charge in [0.15, 0.2) is 0 Å². The molecule has 3 fully saturated rings. The number of carbonyl (C=O) groups excluding carboxylic acids is 3. The normalized spacial score (nSPS) is 21.2. The monoisotopic (exact) mass is 450 g/mol. The fourth-order valence-corrected chi connectivity index (χ4v) is 5.70. The fourth-order valence-electron chi connectivity index (χ4n) is 4.53. The molecule has 0 aliphatic carbocycles. The predicted octanol–water partition coefficient (Wildman–Crippen LogP) is 1.89. The van der Waals surface area contributed by atoms with Gasteiger partial charge in [0.2, 0.25) is 11.8 Å². The number of hydrogen-bond donors (Lipinski definition) is 0. The lowest BCUT2D eigenvalue weighted by atomic mass is 10.1. The first kappa shape index (κ1) is 20.9. The SMILES string of the molecule is O=C(c1ccc(CN2CC(=O)N3CSCC3C2=O)cc1)N1CCN(c2ccccc2)CC1. The summed E-state index contributed by atoms with van der Waals surface area (Å²) in [6.07, 6.45) is 0. The molecule has 3 saturated heterocycles. The van der Waals surface area contributed by atoms with Crippen molar-refractivity contribution in [3.63, 3.8) is 0 Å². The molecule has 7 nitrogen and oxygen atoms in total. The molecule has 0 saturated carbocycles. The van der Waals surface area contributed by atoms with Crippen LogP contribution < -0.4 is 4.90 Å². The number of thioether (sulfide) groups is 1. The summed E-state index contributed by atoms with van der Waals surface area (Å²) in [5.41, 5.74) is 2.77. The van der Waals surface area contributed by atoms with Crippen LogP contribution in [0.2, 0.25) is 0 Å². The van der Waals surface area contributed by atoms with E-state index < -0.39 is 0 Å². The van der Waals surface area contributed by atoms with Crippen LogP contribution in [0.1, 0.15) is 15.9 Å². The van der Waals surface area contributed by atoms with Crippen LogP contribution in [0.15, 0.2) is 54.6 Å². The van der Waals surface area contributed by atoms with Crippen LogP contribution in [0.5, 0.6) is 0 Å². The van der Waals surface area contributed by atoms with Crippen molar-refractivity contribution in [2.75, 3.05) is 49.3 Å². The Bertz CT molecular complexity index is 1010. The van der Waals surface area contributed by atoms with Crippen molar-refractivity contribution in [2.24, 2.45) is 0 Å². The highest BCUT2D eigenvalue weighted by atomic mass is 32.2. The molecule has 0 aromatic heterocycles. The molecule has 166 valence electrons. The third-order valence-corrected chi connectivity index (χ3v) is 7.40. The minimum atomic E-state index is -0.323. The zero-order valence-electron chi connectivity index (χ0n) is 17.9. The molecule has 1 unspecified atom stereocenters. The van der Waals surface area contributed by atoms with Crippen LogP contribution in [0.25, 0.3) is 0 Å². The van der Waals surface area contributed by atoms with Gasteiger partial charge < -0.3 is 19.6 Å². The molecular formula is C24H26N4O3S. The molecule has 5 rings (SSSR count). The summed E-state index contributed by atoms with van der Waals surface area (Å²) < 4.78 is 0. The predicted molar refractivity (Wildman–Crippen MR) is 124 cm³/mol. The number of anilines is 1. The number of carbonyl (C=O) groups is 3. The smallest absolute Gasteiger partial charge is 0.253 e. The van der Waals surface area contributed by atoms with Crippen LogP contribution in [-0.4, -0.2) is 82.8 Å². The second kappa shape index (κ2) is 8.86. The largest absolute Gasteiger partial charge is 0.368 e. The van der Waals surface area contributed by atoms with Gasteiger partial charge >= 0.3 is 0 Å². The summed E-state index contributed by atoms with van der Waals surface area (Å²) in [5, 5.41) is 0. The maximum absolute atomic E-state index is 13.0. The number of rotatable bonds is 4. The Balaban J connectivity index is 1.18. The Morgan fingerprint density at radius 1 is 0.938 bits per heavy atom. The third kappa shape index (κ3) is 4.07. The molecule has 2 aromatic carbocycles. The van der Waals surface area contributed by atoms with Crippen LogP contribution >= 0.6 is 11.8 Å². The molecule has 3 amide bonds. The summed E-state index contributed by atoms with van der Waals surface area (Å²) in [5.74, 6) is 1.35. The van der Waals surface area contributed by atoms with Crippen molar-refractivity contribution in [1.29, 1.82) is 0 Å². The lowest BCUT2D eigenvalue weighted by Gasteiger charge is -2.36. The number of fused-ring (bicyclic) bond motifs is 1. The van der Waals surface area contributed by atoms with E-state index in [4.69, 9.17) is 0 Å². The van der Waals surface area contributed by atoms with Crippen molar-refractivity contribution >= 4 is 35.2 Å². The number of amides is 3. The summed E-state index contributed by atoms with van der Waals surface area (Å²) in [7, 11) is 0. The summed E-state index contributed by atoms with van der Waals surface area (Å²) in [4.78, 5) is 45.5. The van der Waals surface area contributed by atoms with E-state index in [1.807, 2.05) is 47.4 Å². The van der Waals surface area contributed by atoms with Gasteiger partial charge in [-0.2, -0.15) is 0 Å². The highest BCUT2D eigenvalue weighted by Gasteiger charge is 2.42. The average molecular weight is 451 g/mol. The highest BCUT2D eigenvalue weighted by Crippen LogP contribution is 2.27. The second-order valence-corrected chi connectivity index (χ2v) is 9.39. The van der Waals surface area contributed by atoms with E-state index >= 15 is 0 Å². The highest BCUT2D eigenvalue weighted by molar-refractivity contribution is 7.99. The third-order valence-electron chi connectivity index (χ3n) is 6.39. The Kier molecular flexibility index (Phi) is 5.78. The lowest BCUT2D eigenvalue weighted by molar-refractivity contribution is -0.153. The quantitative estimate of drug-likeness (QED) is 0.712. The Labute approximate surface area is 191 Å². The van der Waals surface area contributed by atoms with Crippen molar-refractivity contribution in [3.05, 3.63) is 65.7 Å². The van der Waals surface area contributed by atoms with Gasteiger partial charge in [-0.3, -0.25) is 14.4 Å². The first-order chi connectivity index (χ1) is 15.6. The first-order valence-corrected chi connectivity index (χ1v) is 12.1. The Hall–Kier alpha value is -3.00. The maximum atomic E-state index is 13.0. The van der Waals surface area contributed by atoms with Crippen molar-refractivity contribution < 1.29 is 14.4 Å². The first-order valence-electron chi connectivity index (χ1n) is 10.9. The molecule has 3 heterocycles. The maximum Gasteiger partial charge on any atom is 0.253 e. The minimum absolute atomic E-state index is 0.0149. The molecular weight excluding hydrogens is 424 g/mol. The van der Waals surface area contributed by atoms with E-state index in [0.29, 0.717) is 36.8 Å². The van der Waals surface area contributed by atoms with Crippen LogP contribution in [0.3, 0.4) is 0 Å². The molecule has 1 atom stereocenters. The molecule has 3 aliphatic rings. The number of benzene rings is 2. The molecule has 8 heteroatoms. The second-order valence-electron chi connectivity index (χ2n) is 8.39. The average Bonchev–Trinajstić information content (AvgIpc) is 3.34. The van der Waals surface area contributed by atoms with Gasteiger partial charge in [-0.1, -0.05) is 30.3 Å². The van der Waals surface area contributed by atoms with Gasteiger partial charge in [0.1, 0.15) is 12.6 Å². The number of para-hydroxylation sites is 1. The molecule has 0 bridgehead atoms. The molecule has 32 heavy (non-hydrogen) atoms. The molecule has 3 aliphatic heterocycles. The van der Waals surface area contributed by atoms with Crippen LogP contribution in [0.4, 0.5) is 5.69 Å². The van der Waals surface area contributed by atoms with Crippen molar-refractivity contribution in [2.45, 2.75) is 12.6 Å². The summed E-state index contributed by atoms with van der Waals surface area (Å²) in [6, 6.07) is 17.4. The van der Waals surface area contributed by atoms with Gasteiger partial charge in [0.05, 0.1) is 5.88 Å². The van der Waals surface area contributed by atoms with E-state index in [-0.39, 0.29) is 30.3 Å². The minimum Gasteiger partial charge on any atom is -0.368 e. The summed E-state index contributed by atoms with van der Waals surface area (Å²) in [6.45, 7) is 3.53. The van der Waals surface area contributed by atoms with Crippen molar-refractivity contribution in [3.8, 4) is 0 Å². The fraction of sp³-hybridized carbons (Fsp3) is 0.375. The molecule has 0 radical (unpaired) electrons. The van der Waals surface area contributed by atoms with Gasteiger partial charge in [-0.05, 0) is 29.8 Å². The van der Waals surface area contributed by atoms with E-state index in [0.717, 1.165) is 18.7 Å². The van der Waals surface area contributed by atoms with Gasteiger partial charge in [-0.15, -0.1) is 11.8 Å². The molecule has 0 N–H and O–H groups in total. The van der Waals surface area contributed by atoms with E-state index in [9.17, 15) is 14.4 Å². The van der Waals surface area contributed by atoms with Gasteiger partial charge in [0.25, 0.3) is 5.91 Å². The standard InChI is InChI=1S/C24H26N4O3S/c29-22-15-27(24(31)21-16-32-17-28(21)22)14-18-6-8-19(9-7-18)23(30)26-12-10-25(11-13-26)20-4-2-1-3-5-20/h1-9,21H,10-17H2.